The van der Waals surface area contributed by atoms with Crippen LogP contribution in [-0.2, 0) is 9.53 Å². The maximum absolute atomic E-state index is 11.7. The van der Waals surface area contributed by atoms with E-state index in [0.717, 1.165) is 19.6 Å². The highest BCUT2D eigenvalue weighted by molar-refractivity contribution is 5.79. The molecule has 0 bridgehead atoms. The summed E-state index contributed by atoms with van der Waals surface area (Å²) in [4.78, 5) is 14.1. The van der Waals surface area contributed by atoms with Crippen molar-refractivity contribution < 1.29 is 9.53 Å². The van der Waals surface area contributed by atoms with E-state index >= 15 is 0 Å². The molecule has 1 aliphatic rings. The predicted octanol–water partition coefficient (Wildman–Crippen LogP) is 1.78. The van der Waals surface area contributed by atoms with Gasteiger partial charge in [0, 0.05) is 13.1 Å². The van der Waals surface area contributed by atoms with Gasteiger partial charge in [-0.3, -0.25) is 4.79 Å². The molecule has 4 heteroatoms. The Labute approximate surface area is 111 Å². The van der Waals surface area contributed by atoms with Crippen LogP contribution in [0.2, 0.25) is 0 Å². The van der Waals surface area contributed by atoms with Crippen molar-refractivity contribution in [2.24, 2.45) is 11.1 Å². The number of nitrogens with two attached hydrogens (primary N) is 1. The van der Waals surface area contributed by atoms with E-state index in [4.69, 9.17) is 10.5 Å². The third-order valence-corrected chi connectivity index (χ3v) is 3.67. The second-order valence-electron chi connectivity index (χ2n) is 6.43. The van der Waals surface area contributed by atoms with Crippen LogP contribution in [0, 0.1) is 5.41 Å². The molecule has 1 fully saturated rings. The lowest BCUT2D eigenvalue weighted by atomic mass is 9.84. The second kappa shape index (κ2) is 6.02. The summed E-state index contributed by atoms with van der Waals surface area (Å²) in [6, 6.07) is 0. The normalized spacial score (nSPS) is 23.4. The molecule has 0 radical (unpaired) electrons. The molecule has 1 aliphatic heterocycles. The second-order valence-corrected chi connectivity index (χ2v) is 6.43. The average molecular weight is 256 g/mol. The Balaban J connectivity index is 2.42. The molecule has 0 aliphatic carbocycles. The van der Waals surface area contributed by atoms with Gasteiger partial charge in [0.05, 0.1) is 6.61 Å². The number of esters is 1. The lowest BCUT2D eigenvalue weighted by molar-refractivity contribution is -0.149. The first-order valence-corrected chi connectivity index (χ1v) is 6.95. The lowest BCUT2D eigenvalue weighted by Gasteiger charge is -2.39. The van der Waals surface area contributed by atoms with Crippen LogP contribution in [0.3, 0.4) is 0 Å². The topological polar surface area (TPSA) is 55.6 Å². The maximum Gasteiger partial charge on any atom is 0.325 e. The van der Waals surface area contributed by atoms with Crippen LogP contribution in [0.15, 0.2) is 0 Å². The molecule has 1 unspecified atom stereocenters. The first-order chi connectivity index (χ1) is 8.27. The minimum Gasteiger partial charge on any atom is -0.465 e. The van der Waals surface area contributed by atoms with Crippen LogP contribution < -0.4 is 5.73 Å². The quantitative estimate of drug-likeness (QED) is 0.762. The Morgan fingerprint density at radius 1 is 1.50 bits per heavy atom. The van der Waals surface area contributed by atoms with Crippen LogP contribution in [0.1, 0.15) is 47.0 Å². The fourth-order valence-corrected chi connectivity index (χ4v) is 2.52. The van der Waals surface area contributed by atoms with E-state index in [0.29, 0.717) is 18.4 Å². The molecular weight excluding hydrogens is 228 g/mol. The first-order valence-electron chi connectivity index (χ1n) is 6.95. The Kier molecular flexibility index (Phi) is 5.17. The molecule has 2 N–H and O–H groups in total. The van der Waals surface area contributed by atoms with Gasteiger partial charge in [-0.25, -0.2) is 0 Å². The summed E-state index contributed by atoms with van der Waals surface area (Å²) in [5.41, 5.74) is 5.55. The van der Waals surface area contributed by atoms with E-state index in [1.54, 1.807) is 13.8 Å². The van der Waals surface area contributed by atoms with Crippen molar-refractivity contribution >= 4 is 5.97 Å². The summed E-state index contributed by atoms with van der Waals surface area (Å²) in [6.07, 6.45) is 3.16. The summed E-state index contributed by atoms with van der Waals surface area (Å²) in [5, 5.41) is 0. The Morgan fingerprint density at radius 2 is 2.17 bits per heavy atom. The fourth-order valence-electron chi connectivity index (χ4n) is 2.52. The molecule has 1 atom stereocenters. The van der Waals surface area contributed by atoms with Gasteiger partial charge in [-0.15, -0.1) is 0 Å². The third kappa shape index (κ3) is 4.58. The molecule has 0 aromatic carbocycles. The van der Waals surface area contributed by atoms with Gasteiger partial charge in [0.15, 0.2) is 0 Å². The zero-order valence-corrected chi connectivity index (χ0v) is 12.3. The van der Waals surface area contributed by atoms with Crippen molar-refractivity contribution in [3.63, 3.8) is 0 Å². The highest BCUT2D eigenvalue weighted by atomic mass is 16.5. The number of rotatable bonds is 5. The molecule has 0 spiro atoms. The smallest absolute Gasteiger partial charge is 0.325 e. The number of piperidine rings is 1. The molecule has 4 nitrogen and oxygen atoms in total. The third-order valence-electron chi connectivity index (χ3n) is 3.67. The van der Waals surface area contributed by atoms with E-state index in [9.17, 15) is 4.79 Å². The van der Waals surface area contributed by atoms with Crippen LogP contribution in [-0.4, -0.2) is 42.6 Å². The fraction of sp³-hybridized carbons (Fsp3) is 0.929. The van der Waals surface area contributed by atoms with Gasteiger partial charge in [-0.05, 0) is 45.1 Å². The van der Waals surface area contributed by atoms with Crippen molar-refractivity contribution in [2.45, 2.75) is 52.5 Å². The summed E-state index contributed by atoms with van der Waals surface area (Å²) >= 11 is 0. The summed E-state index contributed by atoms with van der Waals surface area (Å²) < 4.78 is 5.01. The van der Waals surface area contributed by atoms with Gasteiger partial charge in [0.25, 0.3) is 0 Å². The molecular formula is C14H28N2O2. The highest BCUT2D eigenvalue weighted by Crippen LogP contribution is 2.28. The van der Waals surface area contributed by atoms with Gasteiger partial charge in [-0.1, -0.05) is 13.8 Å². The molecule has 0 amide bonds. The Morgan fingerprint density at radius 3 is 2.72 bits per heavy atom. The predicted molar refractivity (Wildman–Crippen MR) is 73.3 cm³/mol. The van der Waals surface area contributed by atoms with Crippen molar-refractivity contribution in [1.82, 2.24) is 4.90 Å². The van der Waals surface area contributed by atoms with E-state index in [2.05, 4.69) is 18.7 Å². The van der Waals surface area contributed by atoms with Gasteiger partial charge in [0.1, 0.15) is 5.54 Å². The van der Waals surface area contributed by atoms with Crippen molar-refractivity contribution in [2.75, 3.05) is 26.2 Å². The van der Waals surface area contributed by atoms with Gasteiger partial charge in [0.2, 0.25) is 0 Å². The van der Waals surface area contributed by atoms with Crippen LogP contribution in [0.4, 0.5) is 0 Å². The summed E-state index contributed by atoms with van der Waals surface area (Å²) in [7, 11) is 0. The maximum atomic E-state index is 11.7. The summed E-state index contributed by atoms with van der Waals surface area (Å²) in [5.74, 6) is -0.290. The monoisotopic (exact) mass is 256 g/mol. The van der Waals surface area contributed by atoms with Gasteiger partial charge < -0.3 is 15.4 Å². The SMILES string of the molecule is CCOC(=O)C(C)(N)CCN1CCCC(C)(C)C1. The van der Waals surface area contributed by atoms with Crippen molar-refractivity contribution in [3.8, 4) is 0 Å². The molecule has 1 rings (SSSR count). The number of ether oxygens (including phenoxy) is 1. The zero-order valence-electron chi connectivity index (χ0n) is 12.3. The largest absolute Gasteiger partial charge is 0.465 e. The van der Waals surface area contributed by atoms with Gasteiger partial charge in [-0.2, -0.15) is 0 Å². The number of hydrogen-bond donors (Lipinski definition) is 1. The molecule has 0 aromatic heterocycles. The average Bonchev–Trinajstić information content (AvgIpc) is 2.25. The van der Waals surface area contributed by atoms with Crippen LogP contribution >= 0.6 is 0 Å². The van der Waals surface area contributed by atoms with E-state index in [1.165, 1.54) is 12.8 Å². The van der Waals surface area contributed by atoms with Crippen LogP contribution in [0.25, 0.3) is 0 Å². The zero-order chi connectivity index (χ0) is 13.8. The molecule has 0 saturated carbocycles. The van der Waals surface area contributed by atoms with E-state index in [1.807, 2.05) is 0 Å². The molecule has 1 heterocycles. The summed E-state index contributed by atoms with van der Waals surface area (Å²) in [6.45, 7) is 11.6. The molecule has 1 saturated heterocycles. The van der Waals surface area contributed by atoms with Crippen molar-refractivity contribution in [3.05, 3.63) is 0 Å². The number of hydrogen-bond acceptors (Lipinski definition) is 4. The molecule has 0 aromatic rings. The molecule has 106 valence electrons. The van der Waals surface area contributed by atoms with Crippen molar-refractivity contribution in [1.29, 1.82) is 0 Å². The molecule has 18 heavy (non-hydrogen) atoms. The lowest BCUT2D eigenvalue weighted by Crippen LogP contribution is -2.50. The Bertz CT molecular complexity index is 288. The number of likely N-dealkylation sites (tertiary alicyclic amines) is 1. The highest BCUT2D eigenvalue weighted by Gasteiger charge is 2.32. The first kappa shape index (κ1) is 15.4. The van der Waals surface area contributed by atoms with E-state index < -0.39 is 5.54 Å². The number of carbonyl (C=O) groups is 1. The van der Waals surface area contributed by atoms with Crippen LogP contribution in [0.5, 0.6) is 0 Å². The van der Waals surface area contributed by atoms with Gasteiger partial charge >= 0.3 is 5.97 Å². The number of nitrogens with zero attached hydrogens (tertiary/aromatic N) is 1. The standard InChI is InChI=1S/C14H28N2O2/c1-5-18-12(17)14(4,15)8-10-16-9-6-7-13(2,3)11-16/h5-11,15H2,1-4H3. The van der Waals surface area contributed by atoms with E-state index in [-0.39, 0.29) is 5.97 Å². The number of carbonyl (C=O) groups excluding carboxylic acids is 1. The minimum absolute atomic E-state index is 0.290. The minimum atomic E-state index is -0.863. The Hall–Kier alpha value is -0.610.